The second-order valence-corrected chi connectivity index (χ2v) is 8.53. The molecule has 160 valence electrons. The minimum atomic E-state index is -0.245. The smallest absolute Gasteiger partial charge is 0.271 e. The molecule has 0 saturated carbocycles. The number of thioether (sulfide) groups is 1. The summed E-state index contributed by atoms with van der Waals surface area (Å²) < 4.78 is 6.07. The van der Waals surface area contributed by atoms with Gasteiger partial charge >= 0.3 is 0 Å². The first-order valence-electron chi connectivity index (χ1n) is 10.3. The van der Waals surface area contributed by atoms with Gasteiger partial charge in [-0.15, -0.1) is 11.8 Å². The van der Waals surface area contributed by atoms with Crippen molar-refractivity contribution in [1.82, 2.24) is 5.43 Å². The number of hydrogen-bond donors (Lipinski definition) is 1. The maximum atomic E-state index is 12.3. The molecule has 0 aromatic heterocycles. The molecule has 3 rings (SSSR count). The van der Waals surface area contributed by atoms with Crippen LogP contribution < -0.4 is 10.2 Å². The van der Waals surface area contributed by atoms with Gasteiger partial charge in [-0.2, -0.15) is 5.10 Å². The molecule has 0 fully saturated rings. The zero-order chi connectivity index (χ0) is 22.2. The highest BCUT2D eigenvalue weighted by Gasteiger charge is 2.09. The van der Waals surface area contributed by atoms with E-state index in [1.54, 1.807) is 30.1 Å². The molecular formula is C26H28N2O2S. The Hall–Kier alpha value is -3.05. The van der Waals surface area contributed by atoms with E-state index in [0.717, 1.165) is 16.9 Å². The van der Waals surface area contributed by atoms with Gasteiger partial charge in [0.05, 0.1) is 6.21 Å². The molecule has 3 aromatic carbocycles. The van der Waals surface area contributed by atoms with Crippen LogP contribution in [-0.4, -0.2) is 18.4 Å². The summed E-state index contributed by atoms with van der Waals surface area (Å²) in [4.78, 5) is 13.5. The van der Waals surface area contributed by atoms with Crippen molar-refractivity contribution in [3.63, 3.8) is 0 Å². The van der Waals surface area contributed by atoms with Crippen LogP contribution in [-0.2, 0) is 6.61 Å². The van der Waals surface area contributed by atoms with E-state index in [-0.39, 0.29) is 5.91 Å². The number of amides is 1. The fourth-order valence-corrected chi connectivity index (χ4v) is 3.49. The van der Waals surface area contributed by atoms with Crippen LogP contribution in [0.15, 0.2) is 76.7 Å². The molecule has 0 heterocycles. The zero-order valence-electron chi connectivity index (χ0n) is 18.4. The monoisotopic (exact) mass is 432 g/mol. The average Bonchev–Trinajstić information content (AvgIpc) is 2.78. The number of nitrogens with one attached hydrogen (secondary N) is 1. The molecule has 0 aliphatic rings. The largest absolute Gasteiger partial charge is 0.489 e. The van der Waals surface area contributed by atoms with E-state index in [1.165, 1.54) is 16.0 Å². The van der Waals surface area contributed by atoms with Gasteiger partial charge in [0.1, 0.15) is 12.4 Å². The van der Waals surface area contributed by atoms with Crippen molar-refractivity contribution in [3.8, 4) is 5.75 Å². The van der Waals surface area contributed by atoms with Gasteiger partial charge in [-0.25, -0.2) is 5.43 Å². The van der Waals surface area contributed by atoms with Crippen molar-refractivity contribution in [1.29, 1.82) is 0 Å². The van der Waals surface area contributed by atoms with Crippen molar-refractivity contribution < 1.29 is 9.53 Å². The summed E-state index contributed by atoms with van der Waals surface area (Å²) in [6.07, 6.45) is 3.67. The number of hydrogen-bond acceptors (Lipinski definition) is 4. The number of hydrazone groups is 1. The lowest BCUT2D eigenvalue weighted by atomic mass is 10.0. The highest BCUT2D eigenvalue weighted by atomic mass is 32.2. The molecule has 3 aromatic rings. The number of carbonyl (C=O) groups excluding carboxylic acids is 1. The van der Waals surface area contributed by atoms with Crippen molar-refractivity contribution >= 4 is 23.9 Å². The SMILES string of the molecule is CSc1ccc(/C=N\NC(=O)c2ccc(COc3cc(C)ccc3C(C)C)cc2)cc1. The lowest BCUT2D eigenvalue weighted by Crippen LogP contribution is -2.17. The summed E-state index contributed by atoms with van der Waals surface area (Å²) in [5, 5.41) is 4.05. The predicted molar refractivity (Wildman–Crippen MR) is 129 cm³/mol. The van der Waals surface area contributed by atoms with Crippen LogP contribution in [0, 0.1) is 6.92 Å². The van der Waals surface area contributed by atoms with Gasteiger partial charge in [-0.05, 0) is 71.7 Å². The Kier molecular flexibility index (Phi) is 7.90. The maximum absolute atomic E-state index is 12.3. The summed E-state index contributed by atoms with van der Waals surface area (Å²) in [5.41, 5.74) is 7.43. The molecule has 5 heteroatoms. The van der Waals surface area contributed by atoms with Crippen LogP contribution in [0.2, 0.25) is 0 Å². The van der Waals surface area contributed by atoms with Gasteiger partial charge in [0.25, 0.3) is 5.91 Å². The molecule has 0 atom stereocenters. The summed E-state index contributed by atoms with van der Waals surface area (Å²) in [7, 11) is 0. The van der Waals surface area contributed by atoms with E-state index in [9.17, 15) is 4.79 Å². The summed E-state index contributed by atoms with van der Waals surface area (Å²) in [6.45, 7) is 6.83. The van der Waals surface area contributed by atoms with Gasteiger partial charge in [0.15, 0.2) is 0 Å². The Morgan fingerprint density at radius 2 is 1.77 bits per heavy atom. The van der Waals surface area contributed by atoms with E-state index in [1.807, 2.05) is 42.7 Å². The zero-order valence-corrected chi connectivity index (χ0v) is 19.2. The number of benzene rings is 3. The molecule has 0 saturated heterocycles. The summed E-state index contributed by atoms with van der Waals surface area (Å²) in [5.74, 6) is 1.06. The van der Waals surface area contributed by atoms with Crippen LogP contribution in [0.25, 0.3) is 0 Å². The van der Waals surface area contributed by atoms with Gasteiger partial charge in [-0.1, -0.05) is 50.2 Å². The molecule has 31 heavy (non-hydrogen) atoms. The molecule has 4 nitrogen and oxygen atoms in total. The second-order valence-electron chi connectivity index (χ2n) is 7.65. The highest BCUT2D eigenvalue weighted by Crippen LogP contribution is 2.28. The molecule has 0 spiro atoms. The fourth-order valence-electron chi connectivity index (χ4n) is 3.08. The van der Waals surface area contributed by atoms with Gasteiger partial charge in [0.2, 0.25) is 0 Å². The van der Waals surface area contributed by atoms with Gasteiger partial charge < -0.3 is 4.74 Å². The molecule has 0 unspecified atom stereocenters. The third-order valence-electron chi connectivity index (χ3n) is 4.90. The first kappa shape index (κ1) is 22.6. The summed E-state index contributed by atoms with van der Waals surface area (Å²) >= 11 is 1.69. The fraction of sp³-hybridized carbons (Fsp3) is 0.231. The van der Waals surface area contributed by atoms with Gasteiger partial charge in [-0.3, -0.25) is 4.79 Å². The lowest BCUT2D eigenvalue weighted by molar-refractivity contribution is 0.0955. The number of rotatable bonds is 8. The minimum Gasteiger partial charge on any atom is -0.489 e. The molecule has 0 radical (unpaired) electrons. The second kappa shape index (κ2) is 10.8. The van der Waals surface area contributed by atoms with Crippen LogP contribution in [0.1, 0.15) is 52.4 Å². The number of nitrogens with zero attached hydrogens (tertiary/aromatic N) is 1. The van der Waals surface area contributed by atoms with E-state index in [0.29, 0.717) is 18.1 Å². The third kappa shape index (κ3) is 6.46. The van der Waals surface area contributed by atoms with Gasteiger partial charge in [0, 0.05) is 10.5 Å². The van der Waals surface area contributed by atoms with Crippen LogP contribution in [0.4, 0.5) is 0 Å². The molecule has 0 bridgehead atoms. The topological polar surface area (TPSA) is 50.7 Å². The molecular weight excluding hydrogens is 404 g/mol. The summed E-state index contributed by atoms with van der Waals surface area (Å²) in [6, 6.07) is 21.7. The Balaban J connectivity index is 1.56. The third-order valence-corrected chi connectivity index (χ3v) is 5.64. The van der Waals surface area contributed by atoms with Crippen molar-refractivity contribution in [2.45, 2.75) is 38.2 Å². The van der Waals surface area contributed by atoms with Crippen LogP contribution >= 0.6 is 11.8 Å². The Labute approximate surface area is 188 Å². The normalized spacial score (nSPS) is 11.1. The molecule has 1 N–H and O–H groups in total. The number of carbonyl (C=O) groups is 1. The van der Waals surface area contributed by atoms with Crippen LogP contribution in [0.5, 0.6) is 5.75 Å². The Morgan fingerprint density at radius 1 is 1.06 bits per heavy atom. The van der Waals surface area contributed by atoms with Crippen molar-refractivity contribution in [3.05, 3.63) is 94.5 Å². The Morgan fingerprint density at radius 3 is 2.42 bits per heavy atom. The lowest BCUT2D eigenvalue weighted by Gasteiger charge is -2.15. The van der Waals surface area contributed by atoms with E-state index < -0.39 is 0 Å². The molecule has 1 amide bonds. The van der Waals surface area contributed by atoms with E-state index in [2.05, 4.69) is 49.5 Å². The number of aryl methyl sites for hydroxylation is 1. The Bertz CT molecular complexity index is 1040. The maximum Gasteiger partial charge on any atom is 0.271 e. The van der Waals surface area contributed by atoms with Crippen molar-refractivity contribution in [2.24, 2.45) is 5.10 Å². The highest BCUT2D eigenvalue weighted by molar-refractivity contribution is 7.98. The standard InChI is InChI=1S/C26H28N2O2S/c1-18(2)24-14-5-19(3)15-25(24)30-17-21-6-10-22(11-7-21)26(29)28-27-16-20-8-12-23(31-4)13-9-20/h5-16,18H,17H2,1-4H3,(H,28,29)/b27-16-. The molecule has 0 aliphatic carbocycles. The van der Waals surface area contributed by atoms with E-state index >= 15 is 0 Å². The first-order valence-corrected chi connectivity index (χ1v) is 11.5. The quantitative estimate of drug-likeness (QED) is 0.263. The number of ether oxygens (including phenoxy) is 1. The average molecular weight is 433 g/mol. The van der Waals surface area contributed by atoms with E-state index in [4.69, 9.17) is 4.74 Å². The van der Waals surface area contributed by atoms with Crippen molar-refractivity contribution in [2.75, 3.05) is 6.26 Å². The minimum absolute atomic E-state index is 0.245. The van der Waals surface area contributed by atoms with Crippen LogP contribution in [0.3, 0.4) is 0 Å². The molecule has 0 aliphatic heterocycles. The predicted octanol–water partition coefficient (Wildman–Crippen LogP) is 6.18. The first-order chi connectivity index (χ1) is 15.0.